The van der Waals surface area contributed by atoms with Gasteiger partial charge in [0.15, 0.2) is 0 Å². The minimum Gasteiger partial charge on any atom is -1.00 e. The van der Waals surface area contributed by atoms with Gasteiger partial charge in [-0.3, -0.25) is 13.9 Å². The predicted molar refractivity (Wildman–Crippen MR) is 105 cm³/mol. The Hall–Kier alpha value is -0.790. The summed E-state index contributed by atoms with van der Waals surface area (Å²) in [4.78, 5) is 11.5. The zero-order chi connectivity index (χ0) is 20.7. The van der Waals surface area contributed by atoms with Crippen molar-refractivity contribution in [2.24, 2.45) is 0 Å². The van der Waals surface area contributed by atoms with Gasteiger partial charge in [0, 0.05) is 10.9 Å². The third-order valence-corrected chi connectivity index (χ3v) is 5.74. The molecular formula is C18H17NNa2O7S2. The largest absolute Gasteiger partial charge is 1.00 e. The molecule has 0 spiro atoms. The SMILES string of the molecule is Cc1cc(S(=O)(=O)O)cc2cc(S(=O)(=O)O)cc(NC(=O)c3ccccc3)c12.[H-].[H-].[Na+].[Na+]. The first kappa shape index (κ1) is 27.2. The molecule has 0 aromatic heterocycles. The predicted octanol–water partition coefficient (Wildman–Crippen LogP) is -2.87. The summed E-state index contributed by atoms with van der Waals surface area (Å²) in [7, 11) is -9.18. The number of carbonyl (C=O) groups excluding carboxylic acids is 1. The number of aryl methyl sites for hydroxylation is 1. The minimum absolute atomic E-state index is 0. The van der Waals surface area contributed by atoms with Crippen LogP contribution in [0.15, 0.2) is 64.4 Å². The quantitative estimate of drug-likeness (QED) is 0.276. The minimum atomic E-state index is -4.64. The van der Waals surface area contributed by atoms with Gasteiger partial charge in [-0.05, 0) is 54.3 Å². The summed E-state index contributed by atoms with van der Waals surface area (Å²) in [5.41, 5.74) is 0.758. The van der Waals surface area contributed by atoms with Crippen molar-refractivity contribution in [3.8, 4) is 0 Å². The summed E-state index contributed by atoms with van der Waals surface area (Å²) in [6, 6.07) is 12.6. The third kappa shape index (κ3) is 6.13. The number of anilines is 1. The first-order chi connectivity index (χ1) is 13.0. The zero-order valence-corrected chi connectivity index (χ0v) is 22.1. The number of rotatable bonds is 4. The van der Waals surface area contributed by atoms with Gasteiger partial charge in [0.1, 0.15) is 0 Å². The topological polar surface area (TPSA) is 138 Å². The van der Waals surface area contributed by atoms with Crippen LogP contribution in [-0.2, 0) is 20.2 Å². The normalized spacial score (nSPS) is 11.3. The van der Waals surface area contributed by atoms with Crippen LogP contribution >= 0.6 is 0 Å². The molecule has 0 aliphatic carbocycles. The molecule has 0 fully saturated rings. The van der Waals surface area contributed by atoms with Crippen LogP contribution in [0.1, 0.15) is 18.8 Å². The Morgan fingerprint density at radius 2 is 1.37 bits per heavy atom. The fourth-order valence-corrected chi connectivity index (χ4v) is 4.00. The molecule has 3 aromatic rings. The van der Waals surface area contributed by atoms with E-state index in [0.29, 0.717) is 16.5 Å². The number of carbonyl (C=O) groups is 1. The van der Waals surface area contributed by atoms with E-state index in [1.54, 1.807) is 37.3 Å². The molecule has 3 N–H and O–H groups in total. The molecular weight excluding hydrogens is 452 g/mol. The monoisotopic (exact) mass is 469 g/mol. The van der Waals surface area contributed by atoms with Gasteiger partial charge in [-0.15, -0.1) is 0 Å². The van der Waals surface area contributed by atoms with Crippen LogP contribution in [0.25, 0.3) is 10.8 Å². The molecule has 0 radical (unpaired) electrons. The number of benzene rings is 3. The maximum absolute atomic E-state index is 12.5. The fourth-order valence-electron chi connectivity index (χ4n) is 2.85. The average molecular weight is 469 g/mol. The van der Waals surface area contributed by atoms with Gasteiger partial charge in [-0.1, -0.05) is 18.2 Å². The maximum Gasteiger partial charge on any atom is 1.00 e. The smallest absolute Gasteiger partial charge is 1.00 e. The van der Waals surface area contributed by atoms with E-state index in [4.69, 9.17) is 0 Å². The second-order valence-electron chi connectivity index (χ2n) is 6.08. The summed E-state index contributed by atoms with van der Waals surface area (Å²) in [5.74, 6) is -0.521. The van der Waals surface area contributed by atoms with Crippen molar-refractivity contribution in [2.45, 2.75) is 16.7 Å². The zero-order valence-electron chi connectivity index (χ0n) is 18.4. The molecule has 0 unspecified atom stereocenters. The van der Waals surface area contributed by atoms with Gasteiger partial charge in [-0.2, -0.15) is 16.8 Å². The molecule has 0 aliphatic heterocycles. The number of hydrogen-bond donors (Lipinski definition) is 3. The molecule has 0 heterocycles. The van der Waals surface area contributed by atoms with Crippen molar-refractivity contribution in [1.29, 1.82) is 0 Å². The van der Waals surface area contributed by atoms with Gasteiger partial charge in [-0.25, -0.2) is 0 Å². The van der Waals surface area contributed by atoms with Crippen LogP contribution in [0.5, 0.6) is 0 Å². The van der Waals surface area contributed by atoms with Crippen LogP contribution < -0.4 is 64.4 Å². The third-order valence-electron chi connectivity index (χ3n) is 4.07. The molecule has 3 rings (SSSR count). The summed E-state index contributed by atoms with van der Waals surface area (Å²) in [6.45, 7) is 1.54. The summed E-state index contributed by atoms with van der Waals surface area (Å²) in [6.07, 6.45) is 0. The van der Waals surface area contributed by atoms with Gasteiger partial charge < -0.3 is 8.17 Å². The van der Waals surface area contributed by atoms with Gasteiger partial charge in [0.2, 0.25) is 0 Å². The molecule has 0 bridgehead atoms. The van der Waals surface area contributed by atoms with Crippen molar-refractivity contribution in [2.75, 3.05) is 5.32 Å². The molecule has 0 saturated carbocycles. The van der Waals surface area contributed by atoms with Crippen LogP contribution in [-0.4, -0.2) is 31.8 Å². The Labute approximate surface area is 221 Å². The Morgan fingerprint density at radius 3 is 1.87 bits per heavy atom. The molecule has 0 saturated heterocycles. The number of hydrogen-bond acceptors (Lipinski definition) is 5. The molecule has 0 aliphatic rings. The molecule has 150 valence electrons. The van der Waals surface area contributed by atoms with E-state index in [1.807, 2.05) is 0 Å². The van der Waals surface area contributed by atoms with Crippen molar-refractivity contribution >= 4 is 42.6 Å². The van der Waals surface area contributed by atoms with E-state index in [-0.39, 0.29) is 73.0 Å². The van der Waals surface area contributed by atoms with Gasteiger partial charge >= 0.3 is 59.1 Å². The Balaban J connectivity index is 0. The van der Waals surface area contributed by atoms with Crippen LogP contribution in [0.3, 0.4) is 0 Å². The number of amides is 1. The van der Waals surface area contributed by atoms with Crippen molar-refractivity contribution in [1.82, 2.24) is 0 Å². The Bertz CT molecular complexity index is 1310. The van der Waals surface area contributed by atoms with Crippen molar-refractivity contribution in [3.05, 3.63) is 65.7 Å². The summed E-state index contributed by atoms with van der Waals surface area (Å²) >= 11 is 0. The molecule has 8 nitrogen and oxygen atoms in total. The van der Waals surface area contributed by atoms with E-state index in [9.17, 15) is 30.7 Å². The van der Waals surface area contributed by atoms with Gasteiger partial charge in [0.05, 0.1) is 15.5 Å². The first-order valence-corrected chi connectivity index (χ1v) is 10.7. The standard InChI is InChI=1S/C18H15NO7S2.2Na.2H/c1-11-7-14(27(21,22)23)8-13-9-15(28(24,25)26)10-16(17(11)13)19-18(20)12-5-3-2-4-6-12;;;;/h2-10H,1H3,(H,19,20)(H,21,22,23)(H,24,25,26);;;;/q;2*+1;2*-1. The van der Waals surface area contributed by atoms with Crippen LogP contribution in [0.2, 0.25) is 0 Å². The van der Waals surface area contributed by atoms with Crippen LogP contribution in [0, 0.1) is 6.92 Å². The Kier molecular flexibility index (Phi) is 9.28. The first-order valence-electron chi connectivity index (χ1n) is 7.86. The molecule has 3 aromatic carbocycles. The maximum atomic E-state index is 12.5. The number of nitrogens with one attached hydrogen (secondary N) is 1. The summed E-state index contributed by atoms with van der Waals surface area (Å²) in [5, 5.41) is 3.05. The average Bonchev–Trinajstić information content (AvgIpc) is 2.60. The van der Waals surface area contributed by atoms with E-state index >= 15 is 0 Å². The van der Waals surface area contributed by atoms with E-state index in [2.05, 4.69) is 5.32 Å². The number of fused-ring (bicyclic) bond motifs is 1. The molecule has 30 heavy (non-hydrogen) atoms. The van der Waals surface area contributed by atoms with Crippen molar-refractivity contribution < 1.29 is 92.7 Å². The second-order valence-corrected chi connectivity index (χ2v) is 8.92. The fraction of sp³-hybridized carbons (Fsp3) is 0.0556. The van der Waals surface area contributed by atoms with Gasteiger partial charge in [0.25, 0.3) is 26.1 Å². The van der Waals surface area contributed by atoms with E-state index in [0.717, 1.165) is 18.2 Å². The summed E-state index contributed by atoms with van der Waals surface area (Å²) < 4.78 is 64.9. The second kappa shape index (κ2) is 10.2. The molecule has 1 amide bonds. The van der Waals surface area contributed by atoms with E-state index in [1.165, 1.54) is 6.07 Å². The van der Waals surface area contributed by atoms with Crippen molar-refractivity contribution in [3.63, 3.8) is 0 Å². The Morgan fingerprint density at radius 1 is 0.867 bits per heavy atom. The molecule has 0 atom stereocenters. The van der Waals surface area contributed by atoms with Crippen LogP contribution in [0.4, 0.5) is 5.69 Å². The van der Waals surface area contributed by atoms with E-state index < -0.39 is 35.9 Å². The molecule has 12 heteroatoms.